The van der Waals surface area contributed by atoms with E-state index in [2.05, 4.69) is 15.4 Å². The molecule has 1 amide bonds. The van der Waals surface area contributed by atoms with Crippen LogP contribution in [0.2, 0.25) is 0 Å². The van der Waals surface area contributed by atoms with Crippen LogP contribution in [0.5, 0.6) is 0 Å². The van der Waals surface area contributed by atoms with E-state index in [4.69, 9.17) is 0 Å². The fraction of sp³-hybridized carbons (Fsp3) is 0.174. The molecule has 0 bridgehead atoms. The molecule has 0 atom stereocenters. The van der Waals surface area contributed by atoms with Crippen molar-refractivity contribution in [3.8, 4) is 22.5 Å². The van der Waals surface area contributed by atoms with Crippen molar-refractivity contribution < 1.29 is 9.18 Å². The summed E-state index contributed by atoms with van der Waals surface area (Å²) in [7, 11) is 3.87. The van der Waals surface area contributed by atoms with Crippen molar-refractivity contribution >= 4 is 11.6 Å². The van der Waals surface area contributed by atoms with E-state index < -0.39 is 5.82 Å². The van der Waals surface area contributed by atoms with Gasteiger partial charge in [-0.25, -0.2) is 13.9 Å². The number of benzene rings is 2. The maximum Gasteiger partial charge on any atom is 0.270 e. The van der Waals surface area contributed by atoms with Crippen LogP contribution in [-0.2, 0) is 0 Å². The van der Waals surface area contributed by atoms with Gasteiger partial charge < -0.3 is 10.2 Å². The predicted octanol–water partition coefficient (Wildman–Crippen LogP) is 3.49. The first-order valence-corrected chi connectivity index (χ1v) is 9.67. The molecular weight excluding hydrogens is 381 g/mol. The number of nitrogens with zero attached hydrogens (tertiary/aromatic N) is 4. The molecule has 7 heteroatoms. The maximum absolute atomic E-state index is 14.4. The van der Waals surface area contributed by atoms with Crippen molar-refractivity contribution in [3.63, 3.8) is 0 Å². The number of carbonyl (C=O) groups excluding carboxylic acids is 1. The summed E-state index contributed by atoms with van der Waals surface area (Å²) in [5, 5.41) is 7.50. The number of likely N-dealkylation sites (N-methyl/N-ethyl adjacent to an activating group) is 1. The van der Waals surface area contributed by atoms with Gasteiger partial charge in [0.1, 0.15) is 11.5 Å². The summed E-state index contributed by atoms with van der Waals surface area (Å²) >= 11 is 0. The second kappa shape index (κ2) is 8.42. The minimum atomic E-state index is -0.392. The van der Waals surface area contributed by atoms with Crippen LogP contribution >= 0.6 is 0 Å². The van der Waals surface area contributed by atoms with Gasteiger partial charge in [-0.2, -0.15) is 5.10 Å². The van der Waals surface area contributed by atoms with Crippen LogP contribution in [0.25, 0.3) is 28.2 Å². The Kier molecular flexibility index (Phi) is 5.54. The number of rotatable bonds is 6. The minimum absolute atomic E-state index is 0.287. The number of amides is 1. The Morgan fingerprint density at radius 2 is 1.77 bits per heavy atom. The molecule has 0 spiro atoms. The highest BCUT2D eigenvalue weighted by Gasteiger charge is 2.18. The smallest absolute Gasteiger partial charge is 0.270 e. The Hall–Kier alpha value is -3.58. The molecule has 0 aliphatic rings. The van der Waals surface area contributed by atoms with Gasteiger partial charge >= 0.3 is 0 Å². The zero-order chi connectivity index (χ0) is 21.1. The summed E-state index contributed by atoms with van der Waals surface area (Å²) < 4.78 is 15.9. The van der Waals surface area contributed by atoms with Crippen molar-refractivity contribution in [2.24, 2.45) is 0 Å². The largest absolute Gasteiger partial charge is 0.349 e. The molecule has 2 aromatic heterocycles. The Morgan fingerprint density at radius 1 is 1.03 bits per heavy atom. The van der Waals surface area contributed by atoms with Gasteiger partial charge in [0.2, 0.25) is 0 Å². The van der Waals surface area contributed by atoms with E-state index >= 15 is 0 Å². The van der Waals surface area contributed by atoms with Gasteiger partial charge in [-0.15, -0.1) is 0 Å². The highest BCUT2D eigenvalue weighted by Crippen LogP contribution is 2.25. The lowest BCUT2D eigenvalue weighted by Gasteiger charge is -2.12. The molecule has 0 fully saturated rings. The molecule has 0 saturated heterocycles. The van der Waals surface area contributed by atoms with Crippen molar-refractivity contribution in [2.45, 2.75) is 0 Å². The zero-order valence-electron chi connectivity index (χ0n) is 16.8. The molecule has 0 radical (unpaired) electrons. The molecule has 0 aliphatic carbocycles. The number of fused-ring (bicyclic) bond motifs is 1. The first-order chi connectivity index (χ1) is 14.5. The Labute approximate surface area is 174 Å². The van der Waals surface area contributed by atoms with Crippen LogP contribution in [-0.4, -0.2) is 52.6 Å². The average molecular weight is 403 g/mol. The standard InChI is InChI=1S/C23H22FN5O/c1-28(2)13-12-25-23(30)21-14-20(17-10-6-7-11-18(17)24)26-22-15-19(27-29(21)22)16-8-4-3-5-9-16/h3-11,14-15H,12-13H2,1-2H3,(H,25,30). The normalized spacial score (nSPS) is 11.2. The summed E-state index contributed by atoms with van der Waals surface area (Å²) in [6.07, 6.45) is 0. The second-order valence-electron chi connectivity index (χ2n) is 7.23. The molecule has 30 heavy (non-hydrogen) atoms. The number of halogens is 1. The summed E-state index contributed by atoms with van der Waals surface area (Å²) in [4.78, 5) is 19.5. The Morgan fingerprint density at radius 3 is 2.50 bits per heavy atom. The lowest BCUT2D eigenvalue weighted by Crippen LogP contribution is -2.32. The minimum Gasteiger partial charge on any atom is -0.349 e. The van der Waals surface area contributed by atoms with E-state index in [0.717, 1.165) is 5.56 Å². The number of hydrogen-bond acceptors (Lipinski definition) is 4. The number of hydrogen-bond donors (Lipinski definition) is 1. The molecule has 4 aromatic rings. The lowest BCUT2D eigenvalue weighted by molar-refractivity contribution is 0.0943. The fourth-order valence-electron chi connectivity index (χ4n) is 3.18. The summed E-state index contributed by atoms with van der Waals surface area (Å²) in [6, 6.07) is 19.4. The third kappa shape index (κ3) is 4.06. The van der Waals surface area contributed by atoms with Crippen LogP contribution in [0, 0.1) is 5.82 Å². The Balaban J connectivity index is 1.82. The van der Waals surface area contributed by atoms with Gasteiger partial charge in [0.05, 0.1) is 11.4 Å². The molecule has 4 rings (SSSR count). The SMILES string of the molecule is CN(C)CCNC(=O)c1cc(-c2ccccc2F)nc2cc(-c3ccccc3)nn12. The van der Waals surface area contributed by atoms with Crippen molar-refractivity contribution in [2.75, 3.05) is 27.2 Å². The summed E-state index contributed by atoms with van der Waals surface area (Å²) in [5.74, 6) is -0.680. The molecule has 0 saturated carbocycles. The van der Waals surface area contributed by atoms with E-state index in [-0.39, 0.29) is 5.91 Å². The van der Waals surface area contributed by atoms with Crippen LogP contribution in [0.1, 0.15) is 10.5 Å². The van der Waals surface area contributed by atoms with Gasteiger partial charge in [-0.05, 0) is 32.3 Å². The second-order valence-corrected chi connectivity index (χ2v) is 7.23. The van der Waals surface area contributed by atoms with Crippen molar-refractivity contribution in [3.05, 3.63) is 78.2 Å². The topological polar surface area (TPSA) is 62.5 Å². The van der Waals surface area contributed by atoms with E-state index in [9.17, 15) is 9.18 Å². The molecule has 2 heterocycles. The van der Waals surface area contributed by atoms with Gasteiger partial charge in [0.15, 0.2) is 5.65 Å². The first kappa shape index (κ1) is 19.7. The van der Waals surface area contributed by atoms with Gasteiger partial charge in [0.25, 0.3) is 5.91 Å². The monoisotopic (exact) mass is 403 g/mol. The van der Waals surface area contributed by atoms with E-state index in [1.807, 2.05) is 49.3 Å². The molecule has 2 aromatic carbocycles. The summed E-state index contributed by atoms with van der Waals surface area (Å²) in [6.45, 7) is 1.19. The maximum atomic E-state index is 14.4. The molecule has 0 aliphatic heterocycles. The van der Waals surface area contributed by atoms with Crippen molar-refractivity contribution in [1.29, 1.82) is 0 Å². The lowest BCUT2D eigenvalue weighted by atomic mass is 10.1. The van der Waals surface area contributed by atoms with Crippen LogP contribution < -0.4 is 5.32 Å². The third-order valence-electron chi connectivity index (χ3n) is 4.72. The van der Waals surface area contributed by atoms with E-state index in [1.54, 1.807) is 30.3 Å². The molecule has 1 N–H and O–H groups in total. The third-order valence-corrected chi connectivity index (χ3v) is 4.72. The fourth-order valence-corrected chi connectivity index (χ4v) is 3.18. The van der Waals surface area contributed by atoms with E-state index in [0.29, 0.717) is 41.4 Å². The van der Waals surface area contributed by atoms with Gasteiger partial charge in [-0.3, -0.25) is 4.79 Å². The molecule has 152 valence electrons. The van der Waals surface area contributed by atoms with Crippen LogP contribution in [0.4, 0.5) is 4.39 Å². The predicted molar refractivity (Wildman–Crippen MR) is 115 cm³/mol. The molecular formula is C23H22FN5O. The van der Waals surface area contributed by atoms with E-state index in [1.165, 1.54) is 10.6 Å². The zero-order valence-corrected chi connectivity index (χ0v) is 16.8. The van der Waals surface area contributed by atoms with Crippen LogP contribution in [0.15, 0.2) is 66.7 Å². The van der Waals surface area contributed by atoms with Gasteiger partial charge in [0, 0.05) is 30.3 Å². The number of aromatic nitrogens is 3. The van der Waals surface area contributed by atoms with Gasteiger partial charge in [-0.1, -0.05) is 42.5 Å². The molecule has 6 nitrogen and oxygen atoms in total. The van der Waals surface area contributed by atoms with Crippen molar-refractivity contribution in [1.82, 2.24) is 24.8 Å². The average Bonchev–Trinajstić information content (AvgIpc) is 3.18. The molecule has 0 unspecified atom stereocenters. The number of carbonyl (C=O) groups is 1. The Bertz CT molecular complexity index is 1190. The highest BCUT2D eigenvalue weighted by atomic mass is 19.1. The summed E-state index contributed by atoms with van der Waals surface area (Å²) in [5.41, 5.74) is 3.11. The first-order valence-electron chi connectivity index (χ1n) is 9.67. The number of nitrogens with one attached hydrogen (secondary N) is 1. The quantitative estimate of drug-likeness (QED) is 0.535. The highest BCUT2D eigenvalue weighted by molar-refractivity contribution is 5.94. The van der Waals surface area contributed by atoms with Crippen LogP contribution in [0.3, 0.4) is 0 Å².